The lowest BCUT2D eigenvalue weighted by atomic mass is 10.1. The van der Waals surface area contributed by atoms with Crippen LogP contribution in [-0.4, -0.2) is 12.1 Å². The second-order valence-corrected chi connectivity index (χ2v) is 4.66. The van der Waals surface area contributed by atoms with Gasteiger partial charge in [-0.15, -0.1) is 0 Å². The molecule has 0 aliphatic rings. The van der Waals surface area contributed by atoms with Crippen LogP contribution in [0.15, 0.2) is 30.5 Å². The molecule has 0 atom stereocenters. The third-order valence-electron chi connectivity index (χ3n) is 2.57. The molecule has 1 heterocycles. The number of ether oxygens (including phenoxy) is 1. The molecule has 0 amide bonds. The molecule has 0 saturated heterocycles. The molecule has 2 rings (SSSR count). The summed E-state index contributed by atoms with van der Waals surface area (Å²) >= 11 is 12.0. The maximum Gasteiger partial charge on any atom is 0.123 e. The van der Waals surface area contributed by atoms with Crippen molar-refractivity contribution in [3.05, 3.63) is 51.6 Å². The summed E-state index contributed by atoms with van der Waals surface area (Å²) < 4.78 is 5.29. The number of benzene rings is 1. The van der Waals surface area contributed by atoms with Gasteiger partial charge in [0, 0.05) is 24.2 Å². The van der Waals surface area contributed by atoms with Crippen molar-refractivity contribution >= 4 is 29.0 Å². The van der Waals surface area contributed by atoms with Crippen molar-refractivity contribution in [2.24, 2.45) is 0 Å². The summed E-state index contributed by atoms with van der Waals surface area (Å²) in [6.07, 6.45) is 2.39. The molecule has 1 aromatic heterocycles. The summed E-state index contributed by atoms with van der Waals surface area (Å²) in [6.45, 7) is 0. The topological polar surface area (TPSA) is 48.1 Å². The number of aromatic nitrogens is 1. The minimum atomic E-state index is 0.479. The van der Waals surface area contributed by atoms with Gasteiger partial charge in [0.25, 0.3) is 0 Å². The van der Waals surface area contributed by atoms with Crippen LogP contribution in [0.5, 0.6) is 5.75 Å². The number of halogens is 2. The zero-order chi connectivity index (χ0) is 13.1. The van der Waals surface area contributed by atoms with E-state index in [0.29, 0.717) is 28.0 Å². The lowest BCUT2D eigenvalue weighted by molar-refractivity contribution is 0.410. The van der Waals surface area contributed by atoms with Gasteiger partial charge in [0.15, 0.2) is 0 Å². The van der Waals surface area contributed by atoms with E-state index in [4.69, 9.17) is 33.7 Å². The maximum atomic E-state index is 6.01. The monoisotopic (exact) mass is 282 g/mol. The van der Waals surface area contributed by atoms with Gasteiger partial charge in [0.05, 0.1) is 17.2 Å². The van der Waals surface area contributed by atoms with E-state index in [1.807, 2.05) is 6.07 Å². The van der Waals surface area contributed by atoms with E-state index < -0.39 is 0 Å². The van der Waals surface area contributed by atoms with E-state index in [0.717, 1.165) is 11.1 Å². The first-order valence-electron chi connectivity index (χ1n) is 5.32. The number of nitrogens with two attached hydrogens (primary N) is 1. The number of nitrogen functional groups attached to an aromatic ring is 1. The van der Waals surface area contributed by atoms with E-state index >= 15 is 0 Å². The van der Waals surface area contributed by atoms with E-state index in [9.17, 15) is 0 Å². The Kier molecular flexibility index (Phi) is 3.94. The first kappa shape index (κ1) is 13.0. The number of methoxy groups -OCH3 is 1. The Morgan fingerprint density at radius 1 is 1.22 bits per heavy atom. The summed E-state index contributed by atoms with van der Waals surface area (Å²) in [6, 6.07) is 7.20. The average Bonchev–Trinajstić information content (AvgIpc) is 2.36. The Labute approximate surface area is 115 Å². The van der Waals surface area contributed by atoms with Gasteiger partial charge < -0.3 is 10.5 Å². The predicted molar refractivity (Wildman–Crippen MR) is 74.5 cm³/mol. The molecule has 0 aliphatic carbocycles. The molecule has 0 fully saturated rings. The Balaban J connectivity index is 2.33. The molecule has 0 aliphatic heterocycles. The molecule has 3 nitrogen and oxygen atoms in total. The molecule has 0 spiro atoms. The SMILES string of the molecule is COc1cc(Cl)c(Cl)cc1Cc1ccc(N)nc1. The van der Waals surface area contributed by atoms with Gasteiger partial charge in [-0.05, 0) is 17.7 Å². The Morgan fingerprint density at radius 2 is 1.94 bits per heavy atom. The molecule has 18 heavy (non-hydrogen) atoms. The first-order valence-corrected chi connectivity index (χ1v) is 6.08. The quantitative estimate of drug-likeness (QED) is 0.936. The molecule has 94 valence electrons. The first-order chi connectivity index (χ1) is 8.60. The van der Waals surface area contributed by atoms with Crippen LogP contribution in [0.25, 0.3) is 0 Å². The standard InChI is InChI=1S/C13H12Cl2N2O/c1-18-12-6-11(15)10(14)5-9(12)4-8-2-3-13(16)17-7-8/h2-3,5-7H,4H2,1H3,(H2,16,17). The minimum Gasteiger partial charge on any atom is -0.496 e. The van der Waals surface area contributed by atoms with Crippen molar-refractivity contribution in [3.8, 4) is 5.75 Å². The van der Waals surface area contributed by atoms with Crippen molar-refractivity contribution < 1.29 is 4.74 Å². The van der Waals surface area contributed by atoms with E-state index in [1.165, 1.54) is 0 Å². The van der Waals surface area contributed by atoms with Crippen LogP contribution < -0.4 is 10.5 Å². The van der Waals surface area contributed by atoms with Gasteiger partial charge in [0.1, 0.15) is 11.6 Å². The van der Waals surface area contributed by atoms with Crippen LogP contribution in [0.1, 0.15) is 11.1 Å². The summed E-state index contributed by atoms with van der Waals surface area (Å²) in [5.41, 5.74) is 7.53. The highest BCUT2D eigenvalue weighted by atomic mass is 35.5. The van der Waals surface area contributed by atoms with Gasteiger partial charge in [-0.2, -0.15) is 0 Å². The van der Waals surface area contributed by atoms with Gasteiger partial charge in [-0.1, -0.05) is 29.3 Å². The summed E-state index contributed by atoms with van der Waals surface area (Å²) in [7, 11) is 1.60. The zero-order valence-electron chi connectivity index (χ0n) is 9.78. The molecule has 0 saturated carbocycles. The fourth-order valence-electron chi connectivity index (χ4n) is 1.66. The molecule has 5 heteroatoms. The summed E-state index contributed by atoms with van der Waals surface area (Å²) in [5.74, 6) is 1.21. The molecular formula is C13H12Cl2N2O. The van der Waals surface area contributed by atoms with Crippen LogP contribution in [0, 0.1) is 0 Å². The van der Waals surface area contributed by atoms with Gasteiger partial charge in [0.2, 0.25) is 0 Å². The summed E-state index contributed by atoms with van der Waals surface area (Å²) in [4.78, 5) is 4.05. The molecule has 0 bridgehead atoms. The number of rotatable bonds is 3. The largest absolute Gasteiger partial charge is 0.496 e. The third-order valence-corrected chi connectivity index (χ3v) is 3.29. The van der Waals surface area contributed by atoms with Crippen LogP contribution in [-0.2, 0) is 6.42 Å². The highest BCUT2D eigenvalue weighted by molar-refractivity contribution is 6.42. The van der Waals surface area contributed by atoms with Crippen LogP contribution in [0.2, 0.25) is 10.0 Å². The van der Waals surface area contributed by atoms with Crippen LogP contribution in [0.4, 0.5) is 5.82 Å². The number of nitrogens with zero attached hydrogens (tertiary/aromatic N) is 1. The Morgan fingerprint density at radius 3 is 2.56 bits per heavy atom. The fraction of sp³-hybridized carbons (Fsp3) is 0.154. The fourth-order valence-corrected chi connectivity index (χ4v) is 2.00. The number of anilines is 1. The highest BCUT2D eigenvalue weighted by Gasteiger charge is 2.09. The molecule has 1 aromatic carbocycles. The maximum absolute atomic E-state index is 6.01. The summed E-state index contributed by atoms with van der Waals surface area (Å²) in [5, 5.41) is 0.989. The predicted octanol–water partition coefficient (Wildman–Crippen LogP) is 3.57. The smallest absolute Gasteiger partial charge is 0.123 e. The van der Waals surface area contributed by atoms with Crippen molar-refractivity contribution in [1.29, 1.82) is 0 Å². The second kappa shape index (κ2) is 5.46. The Hall–Kier alpha value is -1.45. The second-order valence-electron chi connectivity index (χ2n) is 3.85. The van der Waals surface area contributed by atoms with Crippen molar-refractivity contribution in [3.63, 3.8) is 0 Å². The third kappa shape index (κ3) is 2.86. The van der Waals surface area contributed by atoms with Crippen molar-refractivity contribution in [1.82, 2.24) is 4.98 Å². The van der Waals surface area contributed by atoms with Crippen molar-refractivity contribution in [2.45, 2.75) is 6.42 Å². The molecule has 2 aromatic rings. The number of pyridine rings is 1. The number of hydrogen-bond donors (Lipinski definition) is 1. The Bertz CT molecular complexity index is 556. The molecule has 0 unspecified atom stereocenters. The molecular weight excluding hydrogens is 271 g/mol. The van der Waals surface area contributed by atoms with Crippen molar-refractivity contribution in [2.75, 3.05) is 12.8 Å². The minimum absolute atomic E-state index is 0.479. The lowest BCUT2D eigenvalue weighted by Crippen LogP contribution is -1.96. The zero-order valence-corrected chi connectivity index (χ0v) is 11.3. The van der Waals surface area contributed by atoms with Crippen LogP contribution >= 0.6 is 23.2 Å². The highest BCUT2D eigenvalue weighted by Crippen LogP contribution is 2.31. The number of hydrogen-bond acceptors (Lipinski definition) is 3. The van der Waals surface area contributed by atoms with E-state index in [-0.39, 0.29) is 0 Å². The van der Waals surface area contributed by atoms with Gasteiger partial charge in [-0.3, -0.25) is 0 Å². The van der Waals surface area contributed by atoms with E-state index in [1.54, 1.807) is 31.5 Å². The lowest BCUT2D eigenvalue weighted by Gasteiger charge is -2.10. The van der Waals surface area contributed by atoms with Crippen LogP contribution in [0.3, 0.4) is 0 Å². The van der Waals surface area contributed by atoms with E-state index in [2.05, 4.69) is 4.98 Å². The molecule has 0 radical (unpaired) electrons. The molecule has 2 N–H and O–H groups in total. The van der Waals surface area contributed by atoms with Gasteiger partial charge >= 0.3 is 0 Å². The normalized spacial score (nSPS) is 10.4. The van der Waals surface area contributed by atoms with Gasteiger partial charge in [-0.25, -0.2) is 4.98 Å². The average molecular weight is 283 g/mol.